The van der Waals surface area contributed by atoms with Crippen LogP contribution >= 0.6 is 0 Å². The number of likely N-dealkylation sites (tertiary alicyclic amines) is 2. The largest absolute Gasteiger partial charge is 0.379 e. The lowest BCUT2D eigenvalue weighted by molar-refractivity contribution is -0.149. The Balaban J connectivity index is 1.71. The lowest BCUT2D eigenvalue weighted by atomic mass is 9.83. The van der Waals surface area contributed by atoms with Gasteiger partial charge in [-0.25, -0.2) is 13.2 Å². The van der Waals surface area contributed by atoms with E-state index in [1.165, 1.54) is 38.5 Å². The predicted octanol–water partition coefficient (Wildman–Crippen LogP) is 3.58. The van der Waals surface area contributed by atoms with E-state index in [2.05, 4.69) is 21.3 Å². The zero-order chi connectivity index (χ0) is 64.2. The summed E-state index contributed by atoms with van der Waals surface area (Å²) in [5.74, 6) is -7.10. The number of primary amides is 1. The van der Waals surface area contributed by atoms with Crippen LogP contribution in [0.15, 0.2) is 29.2 Å². The van der Waals surface area contributed by atoms with E-state index in [4.69, 9.17) is 19.9 Å². The van der Waals surface area contributed by atoms with E-state index in [1.54, 1.807) is 44.5 Å². The maximum atomic E-state index is 14.5. The van der Waals surface area contributed by atoms with Gasteiger partial charge in [-0.2, -0.15) is 0 Å². The van der Waals surface area contributed by atoms with Crippen molar-refractivity contribution in [2.75, 3.05) is 79.3 Å². The Bertz CT molecular complexity index is 2560. The standard InChI is InChI=1S/C60H99N9O15S/c1-16-38(8)54(67(13)59(78)43(35(2)3)32-46(70)53(37(6)7)66(11)12)48(82-14)33-51(74)68-27-18-20-45(68)55(83-15)40(10)47(71)34-85(80,81)42-23-21-41(22-24-42)63-56(75)44(19-17-26-62-60(61)79)64-57(76)52(36(4)5)65-49(72)25-29-84-30-28-69-50(73)31-39(9)58(69)77/h21-24,35-40,43-45,48,52-55H,16-20,25-34H2,1-15H3,(H,63,75)(H,64,76)(H,65,72)(H3,61,62,79)/t38-,39?,40-,43-,44-,45-,48+,52-,53-,54-,55+/m0/s1. The number of ether oxygens (including phenoxy) is 3. The number of anilines is 1. The van der Waals surface area contributed by atoms with Crippen molar-refractivity contribution in [1.82, 2.24) is 35.6 Å². The van der Waals surface area contributed by atoms with Gasteiger partial charge in [-0.3, -0.25) is 53.0 Å². The van der Waals surface area contributed by atoms with Crippen LogP contribution in [0.4, 0.5) is 10.5 Å². The minimum absolute atomic E-state index is 0.0119. The van der Waals surface area contributed by atoms with Gasteiger partial charge in [-0.05, 0) is 87.7 Å². The quantitative estimate of drug-likeness (QED) is 0.0470. The predicted molar refractivity (Wildman–Crippen MR) is 320 cm³/mol. The van der Waals surface area contributed by atoms with Crippen LogP contribution in [0.1, 0.15) is 127 Å². The lowest BCUT2D eigenvalue weighted by Crippen LogP contribution is -2.54. The normalized spacial score (nSPS) is 18.8. The van der Waals surface area contributed by atoms with Gasteiger partial charge < -0.3 is 51.0 Å². The number of ketones is 2. The summed E-state index contributed by atoms with van der Waals surface area (Å²) in [6, 6.07) is 0.582. The second-order valence-corrected chi connectivity index (χ2v) is 26.1. The SMILES string of the molecule is CC[C@H](C)[C@@H]([C@@H](CC(=O)N1CCC[C@H]1[C@H](OC)[C@@H](C)C(=O)CS(=O)(=O)c1ccc(NC(=O)[C@H](CCCNC(N)=O)NC(=O)[C@@H](NC(=O)CCOCCN2C(=O)CC(C)C2=O)C(C)C)cc1)OC)N(C)C(=O)[C@@H](CC(=O)[C@H](C(C)C)N(C)C)C(C)C. The summed E-state index contributed by atoms with van der Waals surface area (Å²) >= 11 is 0. The molecule has 2 aliphatic rings. The average molecular weight is 1220 g/mol. The number of nitrogens with two attached hydrogens (primary N) is 1. The van der Waals surface area contributed by atoms with Gasteiger partial charge in [0.2, 0.25) is 41.4 Å². The zero-order valence-corrected chi connectivity index (χ0v) is 53.7. The molecule has 1 unspecified atom stereocenters. The highest BCUT2D eigenvalue weighted by atomic mass is 32.2. The van der Waals surface area contributed by atoms with Crippen LogP contribution in [0.3, 0.4) is 0 Å². The number of methoxy groups -OCH3 is 2. The van der Waals surface area contributed by atoms with Crippen LogP contribution in [-0.4, -0.2) is 203 Å². The van der Waals surface area contributed by atoms with Crippen LogP contribution in [0.25, 0.3) is 0 Å². The number of nitrogens with one attached hydrogen (secondary N) is 4. The maximum absolute atomic E-state index is 14.5. The molecule has 1 aromatic rings. The summed E-state index contributed by atoms with van der Waals surface area (Å²) in [5, 5.41) is 10.5. The molecule has 2 heterocycles. The Morgan fingerprint density at radius 3 is 2.00 bits per heavy atom. The third kappa shape index (κ3) is 21.2. The third-order valence-electron chi connectivity index (χ3n) is 16.5. The molecule has 2 saturated heterocycles. The van der Waals surface area contributed by atoms with E-state index in [0.29, 0.717) is 25.8 Å². The molecule has 0 aliphatic carbocycles. The van der Waals surface area contributed by atoms with Gasteiger partial charge >= 0.3 is 6.03 Å². The molecular weight excluding hydrogens is 1120 g/mol. The fourth-order valence-corrected chi connectivity index (χ4v) is 12.9. The third-order valence-corrected chi connectivity index (χ3v) is 18.2. The van der Waals surface area contributed by atoms with Crippen molar-refractivity contribution < 1.29 is 70.6 Å². The number of sulfone groups is 1. The Hall–Kier alpha value is -5.89. The van der Waals surface area contributed by atoms with E-state index < -0.39 is 105 Å². The molecule has 0 spiro atoms. The van der Waals surface area contributed by atoms with Crippen LogP contribution in [0.2, 0.25) is 0 Å². The Morgan fingerprint density at radius 1 is 0.824 bits per heavy atom. The molecule has 0 saturated carbocycles. The van der Waals surface area contributed by atoms with E-state index in [0.717, 1.165) is 4.90 Å². The Labute approximate surface area is 503 Å². The number of likely N-dealkylation sites (N-methyl/N-ethyl adjacent to an activating group) is 2. The molecule has 0 aromatic heterocycles. The van der Waals surface area contributed by atoms with Gasteiger partial charge in [0.25, 0.3) is 0 Å². The molecule has 1 aromatic carbocycles. The summed E-state index contributed by atoms with van der Waals surface area (Å²) in [6.07, 6.45) is 0.326. The van der Waals surface area contributed by atoms with Crippen molar-refractivity contribution in [3.8, 4) is 0 Å². The number of hydrogen-bond acceptors (Lipinski definition) is 16. The van der Waals surface area contributed by atoms with Gasteiger partial charge in [0.05, 0.1) is 61.4 Å². The maximum Gasteiger partial charge on any atom is 0.312 e. The van der Waals surface area contributed by atoms with Crippen LogP contribution in [0.5, 0.6) is 0 Å². The van der Waals surface area contributed by atoms with Crippen molar-refractivity contribution in [3.63, 3.8) is 0 Å². The van der Waals surface area contributed by atoms with Gasteiger partial charge in [0.1, 0.15) is 17.8 Å². The second-order valence-electron chi connectivity index (χ2n) is 24.1. The van der Waals surface area contributed by atoms with Crippen molar-refractivity contribution >= 4 is 74.5 Å². The highest BCUT2D eigenvalue weighted by Crippen LogP contribution is 2.32. The topological polar surface area (TPSA) is 320 Å². The number of carbonyl (C=O) groups is 10. The van der Waals surface area contributed by atoms with Crippen molar-refractivity contribution in [1.29, 1.82) is 0 Å². The molecule has 9 amide bonds. The molecule has 3 rings (SSSR count). The number of benzene rings is 1. The van der Waals surface area contributed by atoms with E-state index >= 15 is 0 Å². The molecule has 0 radical (unpaired) electrons. The monoisotopic (exact) mass is 1220 g/mol. The fraction of sp³-hybridized carbons (Fsp3) is 0.733. The number of rotatable bonds is 37. The molecule has 6 N–H and O–H groups in total. The number of imide groups is 1. The molecule has 11 atom stereocenters. The smallest absolute Gasteiger partial charge is 0.312 e. The van der Waals surface area contributed by atoms with Gasteiger partial charge in [-0.15, -0.1) is 0 Å². The van der Waals surface area contributed by atoms with Crippen LogP contribution < -0.4 is 27.0 Å². The second kappa shape index (κ2) is 34.4. The van der Waals surface area contributed by atoms with E-state index in [9.17, 15) is 56.4 Å². The van der Waals surface area contributed by atoms with E-state index in [1.807, 2.05) is 60.5 Å². The molecule has 25 heteroatoms. The van der Waals surface area contributed by atoms with Gasteiger partial charge in [0.15, 0.2) is 21.4 Å². The van der Waals surface area contributed by atoms with Crippen LogP contribution in [0, 0.1) is 41.4 Å². The van der Waals surface area contributed by atoms with Crippen LogP contribution in [-0.2, 0) is 67.2 Å². The first-order valence-electron chi connectivity index (χ1n) is 29.9. The number of carbonyl (C=O) groups excluding carboxylic acids is 10. The number of amides is 9. The molecule has 85 heavy (non-hydrogen) atoms. The summed E-state index contributed by atoms with van der Waals surface area (Å²) in [7, 11) is 4.07. The Morgan fingerprint density at radius 2 is 1.47 bits per heavy atom. The minimum Gasteiger partial charge on any atom is -0.379 e. The highest BCUT2D eigenvalue weighted by molar-refractivity contribution is 7.92. The highest BCUT2D eigenvalue weighted by Gasteiger charge is 2.44. The fourth-order valence-electron chi connectivity index (χ4n) is 11.5. The van der Waals surface area contributed by atoms with Crippen molar-refractivity contribution in [2.24, 2.45) is 47.2 Å². The summed E-state index contributed by atoms with van der Waals surface area (Å²) in [5.41, 5.74) is 5.37. The molecular formula is C60H99N9O15S. The zero-order valence-electron chi connectivity index (χ0n) is 52.9. The molecule has 0 bridgehead atoms. The first-order chi connectivity index (χ1) is 39.8. The first-order valence-corrected chi connectivity index (χ1v) is 31.5. The Kier molecular flexibility index (Phi) is 29.7. The van der Waals surface area contributed by atoms with Gasteiger partial charge in [-0.1, -0.05) is 75.7 Å². The molecule has 480 valence electrons. The van der Waals surface area contributed by atoms with Crippen molar-refractivity contribution in [2.45, 2.75) is 174 Å². The van der Waals surface area contributed by atoms with E-state index in [-0.39, 0.29) is 129 Å². The van der Waals surface area contributed by atoms with Gasteiger partial charge in [0, 0.05) is 77.1 Å². The average Bonchev–Trinajstić information content (AvgIpc) is 4.27. The first kappa shape index (κ1) is 73.4. The molecule has 24 nitrogen and oxygen atoms in total. The summed E-state index contributed by atoms with van der Waals surface area (Å²) in [6.45, 7) is 18.9. The summed E-state index contributed by atoms with van der Waals surface area (Å²) < 4.78 is 45.2. The summed E-state index contributed by atoms with van der Waals surface area (Å²) in [4.78, 5) is 139. The lowest BCUT2D eigenvalue weighted by Gasteiger charge is -2.41. The number of Topliss-reactive ketones (excluding diaryl/α,β-unsaturated/α-hetero) is 2. The van der Waals surface area contributed by atoms with Crippen molar-refractivity contribution in [3.05, 3.63) is 24.3 Å². The molecule has 2 fully saturated rings. The molecule has 2 aliphatic heterocycles. The minimum atomic E-state index is -4.27. The number of hydrogen-bond donors (Lipinski definition) is 5. The number of nitrogens with zero attached hydrogens (tertiary/aromatic N) is 4. The number of urea groups is 1.